The first kappa shape index (κ1) is 17.4. The molecule has 0 saturated carbocycles. The first-order valence-electron chi connectivity index (χ1n) is 7.42. The summed E-state index contributed by atoms with van der Waals surface area (Å²) in [4.78, 5) is 16.7. The van der Waals surface area contributed by atoms with E-state index in [4.69, 9.17) is 9.47 Å². The van der Waals surface area contributed by atoms with Crippen molar-refractivity contribution in [1.29, 1.82) is 0 Å². The van der Waals surface area contributed by atoms with Crippen LogP contribution in [0.25, 0.3) is 0 Å². The molecule has 1 atom stereocenters. The van der Waals surface area contributed by atoms with E-state index in [1.54, 1.807) is 13.3 Å². The van der Waals surface area contributed by atoms with E-state index in [0.717, 1.165) is 18.4 Å². The van der Waals surface area contributed by atoms with E-state index in [-0.39, 0.29) is 5.91 Å². The van der Waals surface area contributed by atoms with E-state index in [9.17, 15) is 4.79 Å². The van der Waals surface area contributed by atoms with E-state index in [2.05, 4.69) is 10.3 Å². The van der Waals surface area contributed by atoms with Crippen LogP contribution in [0.5, 0.6) is 5.88 Å². The van der Waals surface area contributed by atoms with Gasteiger partial charge >= 0.3 is 0 Å². The summed E-state index contributed by atoms with van der Waals surface area (Å²) in [5.74, 6) is 0.427. The molecule has 5 heteroatoms. The number of pyridine rings is 1. The molecular formula is C16H26N2O3. The van der Waals surface area contributed by atoms with Crippen LogP contribution in [0, 0.1) is 6.92 Å². The van der Waals surface area contributed by atoms with Crippen molar-refractivity contribution in [2.24, 2.45) is 0 Å². The zero-order chi connectivity index (χ0) is 15.9. The van der Waals surface area contributed by atoms with E-state index in [1.165, 1.54) is 0 Å². The van der Waals surface area contributed by atoms with E-state index in [1.807, 2.05) is 33.8 Å². The minimum absolute atomic E-state index is 0.135. The van der Waals surface area contributed by atoms with Gasteiger partial charge in [-0.2, -0.15) is 0 Å². The van der Waals surface area contributed by atoms with Gasteiger partial charge in [-0.25, -0.2) is 4.98 Å². The summed E-state index contributed by atoms with van der Waals surface area (Å²) in [6.45, 7) is 8.37. The Morgan fingerprint density at radius 2 is 2.10 bits per heavy atom. The number of amides is 1. The fraction of sp³-hybridized carbons (Fsp3) is 0.625. The predicted molar refractivity (Wildman–Crippen MR) is 83.7 cm³/mol. The maximum absolute atomic E-state index is 12.5. The van der Waals surface area contributed by atoms with Gasteiger partial charge in [0.2, 0.25) is 5.88 Å². The second-order valence-corrected chi connectivity index (χ2v) is 5.33. The second kappa shape index (κ2) is 7.98. The summed E-state index contributed by atoms with van der Waals surface area (Å²) in [6.07, 6.45) is 4.04. The Morgan fingerprint density at radius 1 is 1.38 bits per heavy atom. The molecule has 0 radical (unpaired) electrons. The molecule has 1 aromatic heterocycles. The minimum atomic E-state index is -0.807. The van der Waals surface area contributed by atoms with Crippen LogP contribution < -0.4 is 10.1 Å². The first-order chi connectivity index (χ1) is 9.96. The number of nitrogens with one attached hydrogen (secondary N) is 1. The number of rotatable bonds is 8. The van der Waals surface area contributed by atoms with Crippen LogP contribution in [0.1, 0.15) is 45.6 Å². The Morgan fingerprint density at radius 3 is 2.62 bits per heavy atom. The fourth-order valence-electron chi connectivity index (χ4n) is 2.16. The van der Waals surface area contributed by atoms with Crippen LogP contribution in [0.15, 0.2) is 12.3 Å². The third-order valence-electron chi connectivity index (χ3n) is 3.31. The molecule has 0 unspecified atom stereocenters. The standard InChI is InChI=1S/C16H26N2O3/c1-6-8-16(4,21-9-7-2)15(19)18-13-10-12(3)14(20-5)17-11-13/h10-11H,6-9H2,1-5H3,(H,18,19)/t16-/m0/s1. The molecule has 0 aliphatic heterocycles. The maximum Gasteiger partial charge on any atom is 0.256 e. The van der Waals surface area contributed by atoms with Gasteiger partial charge in [-0.3, -0.25) is 4.79 Å². The largest absolute Gasteiger partial charge is 0.481 e. The second-order valence-electron chi connectivity index (χ2n) is 5.33. The summed E-state index contributed by atoms with van der Waals surface area (Å²) in [6, 6.07) is 1.84. The molecular weight excluding hydrogens is 268 g/mol. The molecule has 21 heavy (non-hydrogen) atoms. The maximum atomic E-state index is 12.5. The minimum Gasteiger partial charge on any atom is -0.481 e. The van der Waals surface area contributed by atoms with Crippen LogP contribution in [-0.2, 0) is 9.53 Å². The molecule has 0 saturated heterocycles. The number of carbonyl (C=O) groups is 1. The lowest BCUT2D eigenvalue weighted by Crippen LogP contribution is -2.43. The van der Waals surface area contributed by atoms with E-state index in [0.29, 0.717) is 24.6 Å². The highest BCUT2D eigenvalue weighted by Gasteiger charge is 2.33. The van der Waals surface area contributed by atoms with Crippen molar-refractivity contribution in [2.45, 2.75) is 52.6 Å². The number of carbonyl (C=O) groups excluding carboxylic acids is 1. The summed E-state index contributed by atoms with van der Waals surface area (Å²) >= 11 is 0. The number of anilines is 1. The van der Waals surface area contributed by atoms with Crippen molar-refractivity contribution in [3.05, 3.63) is 17.8 Å². The third kappa shape index (κ3) is 4.70. The molecule has 5 nitrogen and oxygen atoms in total. The average Bonchev–Trinajstić information content (AvgIpc) is 2.45. The van der Waals surface area contributed by atoms with Crippen LogP contribution in [0.2, 0.25) is 0 Å². The molecule has 0 bridgehead atoms. The van der Waals surface area contributed by atoms with Crippen LogP contribution in [-0.4, -0.2) is 30.2 Å². The Balaban J connectivity index is 2.83. The number of hydrogen-bond acceptors (Lipinski definition) is 4. The zero-order valence-electron chi connectivity index (χ0n) is 13.7. The number of aromatic nitrogens is 1. The smallest absolute Gasteiger partial charge is 0.256 e. The highest BCUT2D eigenvalue weighted by atomic mass is 16.5. The van der Waals surface area contributed by atoms with Gasteiger partial charge in [0.1, 0.15) is 5.60 Å². The van der Waals surface area contributed by atoms with Crippen molar-refractivity contribution in [1.82, 2.24) is 4.98 Å². The molecule has 1 rings (SSSR count). The molecule has 0 spiro atoms. The van der Waals surface area contributed by atoms with E-state index >= 15 is 0 Å². The van der Waals surface area contributed by atoms with Crippen molar-refractivity contribution in [3.63, 3.8) is 0 Å². The lowest BCUT2D eigenvalue weighted by Gasteiger charge is -2.28. The van der Waals surface area contributed by atoms with Crippen LogP contribution in [0.3, 0.4) is 0 Å². The molecule has 0 aliphatic carbocycles. The van der Waals surface area contributed by atoms with Gasteiger partial charge in [-0.15, -0.1) is 0 Å². The molecule has 0 fully saturated rings. The normalized spacial score (nSPS) is 13.6. The summed E-state index contributed by atoms with van der Waals surface area (Å²) in [5, 5.41) is 2.89. The summed E-state index contributed by atoms with van der Waals surface area (Å²) in [5.41, 5.74) is 0.723. The molecule has 1 N–H and O–H groups in total. The van der Waals surface area contributed by atoms with Crippen molar-refractivity contribution in [2.75, 3.05) is 19.0 Å². The summed E-state index contributed by atoms with van der Waals surface area (Å²) in [7, 11) is 1.57. The predicted octanol–water partition coefficient (Wildman–Crippen LogP) is 3.32. The van der Waals surface area contributed by atoms with Gasteiger partial charge < -0.3 is 14.8 Å². The van der Waals surface area contributed by atoms with Gasteiger partial charge in [0, 0.05) is 12.2 Å². The van der Waals surface area contributed by atoms with E-state index < -0.39 is 5.60 Å². The molecule has 0 aromatic carbocycles. The van der Waals surface area contributed by atoms with Gasteiger partial charge in [-0.05, 0) is 32.8 Å². The Labute approximate surface area is 127 Å². The van der Waals surface area contributed by atoms with Crippen molar-refractivity contribution >= 4 is 11.6 Å². The molecule has 1 heterocycles. The van der Waals surface area contributed by atoms with Gasteiger partial charge in [0.05, 0.1) is 19.0 Å². The SMILES string of the molecule is CCCO[C@@](C)(CCC)C(=O)Nc1cnc(OC)c(C)c1. The lowest BCUT2D eigenvalue weighted by molar-refractivity contribution is -0.140. The Bertz CT molecular complexity index is 477. The topological polar surface area (TPSA) is 60.5 Å². The lowest BCUT2D eigenvalue weighted by atomic mass is 9.99. The Kier molecular flexibility index (Phi) is 6.62. The van der Waals surface area contributed by atoms with Crippen LogP contribution >= 0.6 is 0 Å². The molecule has 0 aliphatic rings. The number of nitrogens with zero attached hydrogens (tertiary/aromatic N) is 1. The van der Waals surface area contributed by atoms with Crippen LogP contribution in [0.4, 0.5) is 5.69 Å². The fourth-order valence-corrected chi connectivity index (χ4v) is 2.16. The first-order valence-corrected chi connectivity index (χ1v) is 7.42. The van der Waals surface area contributed by atoms with Gasteiger partial charge in [0.25, 0.3) is 5.91 Å². The number of methoxy groups -OCH3 is 1. The average molecular weight is 294 g/mol. The molecule has 118 valence electrons. The number of ether oxygens (including phenoxy) is 2. The highest BCUT2D eigenvalue weighted by molar-refractivity contribution is 5.97. The zero-order valence-corrected chi connectivity index (χ0v) is 13.7. The van der Waals surface area contributed by atoms with Crippen molar-refractivity contribution < 1.29 is 14.3 Å². The van der Waals surface area contributed by atoms with Crippen molar-refractivity contribution in [3.8, 4) is 5.88 Å². The molecule has 1 aromatic rings. The number of aryl methyl sites for hydroxylation is 1. The van der Waals surface area contributed by atoms with Gasteiger partial charge in [0.15, 0.2) is 0 Å². The number of hydrogen-bond donors (Lipinski definition) is 1. The summed E-state index contributed by atoms with van der Waals surface area (Å²) < 4.78 is 10.9. The van der Waals surface area contributed by atoms with Gasteiger partial charge in [-0.1, -0.05) is 20.3 Å². The third-order valence-corrected chi connectivity index (χ3v) is 3.31. The molecule has 1 amide bonds. The highest BCUT2D eigenvalue weighted by Crippen LogP contribution is 2.23. The monoisotopic (exact) mass is 294 g/mol. The Hall–Kier alpha value is -1.62. The quantitative estimate of drug-likeness (QED) is 0.799.